The van der Waals surface area contributed by atoms with Gasteiger partial charge in [0.2, 0.25) is 0 Å². The summed E-state index contributed by atoms with van der Waals surface area (Å²) in [5.41, 5.74) is 1.33. The SMILES string of the molecule is C=O.COc1ccccc1SCc1ccccc1. The Morgan fingerprint density at radius 2 is 1.61 bits per heavy atom. The van der Waals surface area contributed by atoms with E-state index >= 15 is 0 Å². The molecule has 0 radical (unpaired) electrons. The van der Waals surface area contributed by atoms with E-state index in [4.69, 9.17) is 9.53 Å². The maximum Gasteiger partial charge on any atom is 0.132 e. The number of rotatable bonds is 4. The largest absolute Gasteiger partial charge is 0.496 e. The molecular formula is C15H16O2S. The van der Waals surface area contributed by atoms with Crippen molar-refractivity contribution in [3.63, 3.8) is 0 Å². The number of hydrogen-bond donors (Lipinski definition) is 0. The molecule has 0 bridgehead atoms. The molecule has 18 heavy (non-hydrogen) atoms. The number of para-hydroxylation sites is 1. The Morgan fingerprint density at radius 1 is 1.00 bits per heavy atom. The van der Waals surface area contributed by atoms with Gasteiger partial charge in [-0.1, -0.05) is 42.5 Å². The highest BCUT2D eigenvalue weighted by Crippen LogP contribution is 2.30. The average molecular weight is 260 g/mol. The predicted molar refractivity (Wildman–Crippen MR) is 76.1 cm³/mol. The van der Waals surface area contributed by atoms with Crippen LogP contribution in [0, 0.1) is 0 Å². The second kappa shape index (κ2) is 8.37. The van der Waals surface area contributed by atoms with Gasteiger partial charge in [-0.2, -0.15) is 0 Å². The Morgan fingerprint density at radius 3 is 2.28 bits per heavy atom. The van der Waals surface area contributed by atoms with Crippen molar-refractivity contribution in [1.82, 2.24) is 0 Å². The van der Waals surface area contributed by atoms with Crippen LogP contribution >= 0.6 is 11.8 Å². The fourth-order valence-corrected chi connectivity index (χ4v) is 2.46. The number of methoxy groups -OCH3 is 1. The van der Waals surface area contributed by atoms with Gasteiger partial charge in [0, 0.05) is 10.6 Å². The third-order valence-corrected chi connectivity index (χ3v) is 3.43. The molecule has 0 aliphatic heterocycles. The summed E-state index contributed by atoms with van der Waals surface area (Å²) in [5, 5.41) is 0. The Balaban J connectivity index is 0.000000771. The van der Waals surface area contributed by atoms with Gasteiger partial charge in [-0.15, -0.1) is 11.8 Å². The molecule has 2 rings (SSSR count). The van der Waals surface area contributed by atoms with Crippen molar-refractivity contribution < 1.29 is 9.53 Å². The molecule has 0 heterocycles. The van der Waals surface area contributed by atoms with Gasteiger partial charge in [0.1, 0.15) is 12.5 Å². The maximum absolute atomic E-state index is 8.00. The van der Waals surface area contributed by atoms with Crippen LogP contribution in [0.4, 0.5) is 0 Å². The molecule has 0 aromatic heterocycles. The van der Waals surface area contributed by atoms with E-state index in [2.05, 4.69) is 30.3 Å². The second-order valence-corrected chi connectivity index (χ2v) is 4.44. The molecule has 0 N–H and O–H groups in total. The summed E-state index contributed by atoms with van der Waals surface area (Å²) < 4.78 is 5.31. The van der Waals surface area contributed by atoms with Crippen LogP contribution in [0.15, 0.2) is 59.5 Å². The van der Waals surface area contributed by atoms with E-state index in [9.17, 15) is 0 Å². The molecule has 0 saturated carbocycles. The summed E-state index contributed by atoms with van der Waals surface area (Å²) in [7, 11) is 1.71. The third kappa shape index (κ3) is 4.26. The molecule has 0 aliphatic rings. The number of benzene rings is 2. The average Bonchev–Trinajstić information content (AvgIpc) is 2.48. The molecule has 94 valence electrons. The van der Waals surface area contributed by atoms with Crippen molar-refractivity contribution in [2.45, 2.75) is 10.6 Å². The van der Waals surface area contributed by atoms with Crippen LogP contribution in [0.1, 0.15) is 5.56 Å². The highest BCUT2D eigenvalue weighted by atomic mass is 32.2. The maximum atomic E-state index is 8.00. The first-order valence-electron chi connectivity index (χ1n) is 5.49. The monoisotopic (exact) mass is 260 g/mol. The van der Waals surface area contributed by atoms with E-state index in [-0.39, 0.29) is 0 Å². The Kier molecular flexibility index (Phi) is 6.66. The molecule has 0 atom stereocenters. The zero-order valence-corrected chi connectivity index (χ0v) is 11.2. The standard InChI is InChI=1S/C14H14OS.CH2O/c1-15-13-9-5-6-10-14(13)16-11-12-7-3-2-4-8-12;1-2/h2-10H,11H2,1H3;1H2. The lowest BCUT2D eigenvalue weighted by Crippen LogP contribution is -1.86. The number of thioether (sulfide) groups is 1. The summed E-state index contributed by atoms with van der Waals surface area (Å²) in [4.78, 5) is 9.19. The smallest absolute Gasteiger partial charge is 0.132 e. The minimum atomic E-state index is 0.948. The van der Waals surface area contributed by atoms with Crippen molar-refractivity contribution in [3.05, 3.63) is 60.2 Å². The van der Waals surface area contributed by atoms with Gasteiger partial charge in [-0.25, -0.2) is 0 Å². The second-order valence-electron chi connectivity index (χ2n) is 3.43. The first-order chi connectivity index (χ1) is 8.90. The predicted octanol–water partition coefficient (Wildman–Crippen LogP) is 3.80. The quantitative estimate of drug-likeness (QED) is 0.782. The minimum absolute atomic E-state index is 0.948. The van der Waals surface area contributed by atoms with E-state index in [1.807, 2.05) is 31.1 Å². The normalized spacial score (nSPS) is 9.17. The lowest BCUT2D eigenvalue weighted by molar-refractivity contribution is -0.0979. The number of hydrogen-bond acceptors (Lipinski definition) is 3. The van der Waals surface area contributed by atoms with E-state index in [1.54, 1.807) is 18.9 Å². The number of carbonyl (C=O) groups excluding carboxylic acids is 1. The first kappa shape index (κ1) is 14.3. The van der Waals surface area contributed by atoms with Gasteiger partial charge >= 0.3 is 0 Å². The van der Waals surface area contributed by atoms with Crippen LogP contribution in [-0.2, 0) is 10.5 Å². The molecule has 2 aromatic carbocycles. The van der Waals surface area contributed by atoms with E-state index in [1.165, 1.54) is 10.5 Å². The highest BCUT2D eigenvalue weighted by molar-refractivity contribution is 7.98. The topological polar surface area (TPSA) is 26.3 Å². The lowest BCUT2D eigenvalue weighted by atomic mass is 10.2. The van der Waals surface area contributed by atoms with Crippen molar-refractivity contribution in [2.24, 2.45) is 0 Å². The fourth-order valence-electron chi connectivity index (χ4n) is 1.47. The molecule has 2 aromatic rings. The van der Waals surface area contributed by atoms with E-state index in [0.29, 0.717) is 0 Å². The number of ether oxygens (including phenoxy) is 1. The van der Waals surface area contributed by atoms with Crippen LogP contribution in [0.2, 0.25) is 0 Å². The summed E-state index contributed by atoms with van der Waals surface area (Å²) in [6.45, 7) is 2.00. The zero-order valence-electron chi connectivity index (χ0n) is 10.3. The van der Waals surface area contributed by atoms with Gasteiger partial charge in [-0.05, 0) is 17.7 Å². The van der Waals surface area contributed by atoms with Crippen LogP contribution < -0.4 is 4.74 Å². The molecular weight excluding hydrogens is 244 g/mol. The third-order valence-electron chi connectivity index (χ3n) is 2.31. The molecule has 3 heteroatoms. The molecule has 2 nitrogen and oxygen atoms in total. The van der Waals surface area contributed by atoms with Crippen LogP contribution in [0.25, 0.3) is 0 Å². The molecule has 0 aliphatic carbocycles. The van der Waals surface area contributed by atoms with Gasteiger partial charge in [0.05, 0.1) is 7.11 Å². The fraction of sp³-hybridized carbons (Fsp3) is 0.133. The summed E-state index contributed by atoms with van der Waals surface area (Å²) in [6.07, 6.45) is 0. The van der Waals surface area contributed by atoms with Crippen LogP contribution in [0.5, 0.6) is 5.75 Å². The van der Waals surface area contributed by atoms with E-state index in [0.717, 1.165) is 11.5 Å². The molecule has 0 fully saturated rings. The zero-order chi connectivity index (χ0) is 13.2. The van der Waals surface area contributed by atoms with Crippen molar-refractivity contribution in [1.29, 1.82) is 0 Å². The van der Waals surface area contributed by atoms with Crippen LogP contribution in [0.3, 0.4) is 0 Å². The van der Waals surface area contributed by atoms with Gasteiger partial charge < -0.3 is 9.53 Å². The van der Waals surface area contributed by atoms with Crippen LogP contribution in [-0.4, -0.2) is 13.9 Å². The Labute approximate surface area is 112 Å². The van der Waals surface area contributed by atoms with Crippen molar-refractivity contribution in [3.8, 4) is 5.75 Å². The lowest BCUT2D eigenvalue weighted by Gasteiger charge is -2.07. The summed E-state index contributed by atoms with van der Waals surface area (Å²) in [6, 6.07) is 18.6. The first-order valence-corrected chi connectivity index (χ1v) is 6.47. The molecule has 0 saturated heterocycles. The van der Waals surface area contributed by atoms with Crippen molar-refractivity contribution in [2.75, 3.05) is 7.11 Å². The van der Waals surface area contributed by atoms with E-state index < -0.39 is 0 Å². The van der Waals surface area contributed by atoms with Gasteiger partial charge in [0.15, 0.2) is 0 Å². The highest BCUT2D eigenvalue weighted by Gasteiger charge is 2.02. The number of carbonyl (C=O) groups is 1. The Bertz CT molecular complexity index is 457. The minimum Gasteiger partial charge on any atom is -0.496 e. The molecule has 0 amide bonds. The molecule has 0 unspecified atom stereocenters. The van der Waals surface area contributed by atoms with Gasteiger partial charge in [-0.3, -0.25) is 0 Å². The molecule has 0 spiro atoms. The summed E-state index contributed by atoms with van der Waals surface area (Å²) >= 11 is 1.80. The van der Waals surface area contributed by atoms with Gasteiger partial charge in [0.25, 0.3) is 0 Å². The Hall–Kier alpha value is -1.74. The summed E-state index contributed by atoms with van der Waals surface area (Å²) in [5.74, 6) is 1.92. The van der Waals surface area contributed by atoms with Crippen molar-refractivity contribution >= 4 is 18.6 Å².